The van der Waals surface area contributed by atoms with E-state index in [1.54, 1.807) is 6.07 Å². The van der Waals surface area contributed by atoms with E-state index >= 15 is 0 Å². The molecule has 0 unspecified atom stereocenters. The van der Waals surface area contributed by atoms with Crippen LogP contribution in [0.3, 0.4) is 0 Å². The number of anilines is 2. The lowest BCUT2D eigenvalue weighted by molar-refractivity contribution is 0.0995. The van der Waals surface area contributed by atoms with Gasteiger partial charge in [-0.3, -0.25) is 4.79 Å². The number of hydrogen-bond donors (Lipinski definition) is 2. The summed E-state index contributed by atoms with van der Waals surface area (Å²) in [5, 5.41) is 0. The van der Waals surface area contributed by atoms with E-state index in [0.717, 1.165) is 12.0 Å². The largest absolute Gasteiger partial charge is 0.397 e. The number of benzene rings is 1. The molecule has 0 aliphatic heterocycles. The standard InChI is InChI=1S/C9H10N2O/c10-6-3-1-5-2-4-7(12)8(5)9(6)11/h1,3H,2,4,10-11H2. The molecule has 1 aromatic carbocycles. The van der Waals surface area contributed by atoms with E-state index in [1.165, 1.54) is 0 Å². The Hall–Kier alpha value is -1.51. The summed E-state index contributed by atoms with van der Waals surface area (Å²) in [5.41, 5.74) is 13.9. The van der Waals surface area contributed by atoms with Crippen molar-refractivity contribution in [2.75, 3.05) is 11.5 Å². The highest BCUT2D eigenvalue weighted by Gasteiger charge is 2.22. The van der Waals surface area contributed by atoms with Crippen LogP contribution in [0.25, 0.3) is 0 Å². The second kappa shape index (κ2) is 2.24. The van der Waals surface area contributed by atoms with Gasteiger partial charge in [-0.05, 0) is 18.1 Å². The van der Waals surface area contributed by atoms with Crippen molar-refractivity contribution in [3.63, 3.8) is 0 Å². The predicted octanol–water partition coefficient (Wildman–Crippen LogP) is 0.980. The van der Waals surface area contributed by atoms with E-state index in [-0.39, 0.29) is 5.78 Å². The summed E-state index contributed by atoms with van der Waals surface area (Å²) in [6.07, 6.45) is 1.38. The Bertz CT molecular complexity index is 358. The molecule has 0 heterocycles. The van der Waals surface area contributed by atoms with Crippen molar-refractivity contribution < 1.29 is 4.79 Å². The van der Waals surface area contributed by atoms with Crippen LogP contribution in [0.15, 0.2) is 12.1 Å². The molecule has 0 amide bonds. The van der Waals surface area contributed by atoms with Crippen LogP contribution < -0.4 is 11.5 Å². The number of nitrogen functional groups attached to an aromatic ring is 2. The maximum absolute atomic E-state index is 11.3. The summed E-state index contributed by atoms with van der Waals surface area (Å²) in [6.45, 7) is 0. The van der Waals surface area contributed by atoms with Gasteiger partial charge in [-0.25, -0.2) is 0 Å². The molecule has 62 valence electrons. The maximum atomic E-state index is 11.3. The van der Waals surface area contributed by atoms with Crippen molar-refractivity contribution in [3.05, 3.63) is 23.3 Å². The first-order valence-electron chi connectivity index (χ1n) is 3.90. The quantitative estimate of drug-likeness (QED) is 0.559. The Balaban J connectivity index is 2.71. The molecule has 0 atom stereocenters. The Morgan fingerprint density at radius 3 is 2.67 bits per heavy atom. The van der Waals surface area contributed by atoms with Crippen LogP contribution in [0.1, 0.15) is 22.3 Å². The summed E-state index contributed by atoms with van der Waals surface area (Å²) in [6, 6.07) is 3.64. The van der Waals surface area contributed by atoms with E-state index in [0.29, 0.717) is 23.4 Å². The third kappa shape index (κ3) is 0.794. The van der Waals surface area contributed by atoms with E-state index in [2.05, 4.69) is 0 Å². The van der Waals surface area contributed by atoms with Gasteiger partial charge in [0.05, 0.1) is 11.4 Å². The van der Waals surface area contributed by atoms with Crippen LogP contribution in [0.5, 0.6) is 0 Å². The Labute approximate surface area is 70.4 Å². The monoisotopic (exact) mass is 162 g/mol. The molecule has 0 saturated carbocycles. The molecule has 0 saturated heterocycles. The van der Waals surface area contributed by atoms with Crippen LogP contribution in [0.4, 0.5) is 11.4 Å². The number of carbonyl (C=O) groups excluding carboxylic acids is 1. The molecule has 1 aliphatic rings. The highest BCUT2D eigenvalue weighted by atomic mass is 16.1. The van der Waals surface area contributed by atoms with Gasteiger partial charge in [0, 0.05) is 12.0 Å². The fraction of sp³-hybridized carbons (Fsp3) is 0.222. The van der Waals surface area contributed by atoms with Gasteiger partial charge < -0.3 is 11.5 Å². The number of hydrogen-bond acceptors (Lipinski definition) is 3. The van der Waals surface area contributed by atoms with E-state index in [9.17, 15) is 4.79 Å². The van der Waals surface area contributed by atoms with Gasteiger partial charge in [0.15, 0.2) is 5.78 Å². The summed E-state index contributed by atoms with van der Waals surface area (Å²) >= 11 is 0. The molecule has 4 N–H and O–H groups in total. The zero-order chi connectivity index (χ0) is 8.72. The highest BCUT2D eigenvalue weighted by Crippen LogP contribution is 2.30. The third-order valence-electron chi connectivity index (χ3n) is 2.27. The minimum absolute atomic E-state index is 0.120. The molecule has 0 spiro atoms. The van der Waals surface area contributed by atoms with Crippen molar-refractivity contribution in [1.82, 2.24) is 0 Å². The first-order chi connectivity index (χ1) is 5.70. The van der Waals surface area contributed by atoms with Gasteiger partial charge in [-0.15, -0.1) is 0 Å². The second-order valence-corrected chi connectivity index (χ2v) is 3.03. The number of Topliss-reactive ketones (excluding diaryl/α,β-unsaturated/α-hetero) is 1. The van der Waals surface area contributed by atoms with Gasteiger partial charge in [0.2, 0.25) is 0 Å². The summed E-state index contributed by atoms with van der Waals surface area (Å²) in [4.78, 5) is 11.3. The maximum Gasteiger partial charge on any atom is 0.165 e. The smallest absolute Gasteiger partial charge is 0.165 e. The number of ketones is 1. The number of carbonyl (C=O) groups is 1. The molecule has 0 fully saturated rings. The lowest BCUT2D eigenvalue weighted by Crippen LogP contribution is -2.02. The van der Waals surface area contributed by atoms with Crippen molar-refractivity contribution in [2.45, 2.75) is 12.8 Å². The SMILES string of the molecule is Nc1ccc2c(c1N)C(=O)CC2. The predicted molar refractivity (Wildman–Crippen MR) is 47.9 cm³/mol. The Kier molecular flexibility index (Phi) is 1.33. The molecule has 1 aliphatic carbocycles. The zero-order valence-electron chi connectivity index (χ0n) is 6.63. The van der Waals surface area contributed by atoms with Crippen LogP contribution in [0.2, 0.25) is 0 Å². The van der Waals surface area contributed by atoms with Crippen LogP contribution >= 0.6 is 0 Å². The lowest BCUT2D eigenvalue weighted by Gasteiger charge is -2.04. The second-order valence-electron chi connectivity index (χ2n) is 3.03. The van der Waals surface area contributed by atoms with E-state index < -0.39 is 0 Å². The minimum atomic E-state index is 0.120. The molecule has 12 heavy (non-hydrogen) atoms. The Morgan fingerprint density at radius 1 is 1.17 bits per heavy atom. The fourth-order valence-corrected chi connectivity index (χ4v) is 1.59. The van der Waals surface area contributed by atoms with E-state index in [1.807, 2.05) is 6.07 Å². The van der Waals surface area contributed by atoms with E-state index in [4.69, 9.17) is 11.5 Å². The third-order valence-corrected chi connectivity index (χ3v) is 2.27. The number of fused-ring (bicyclic) bond motifs is 1. The fourth-order valence-electron chi connectivity index (χ4n) is 1.59. The van der Waals surface area contributed by atoms with Crippen molar-refractivity contribution in [2.24, 2.45) is 0 Å². The van der Waals surface area contributed by atoms with Crippen LogP contribution in [0, 0.1) is 0 Å². The molecule has 0 radical (unpaired) electrons. The highest BCUT2D eigenvalue weighted by molar-refractivity contribution is 6.06. The zero-order valence-corrected chi connectivity index (χ0v) is 6.63. The van der Waals surface area contributed by atoms with Crippen molar-refractivity contribution in [3.8, 4) is 0 Å². The van der Waals surface area contributed by atoms with Gasteiger partial charge in [-0.2, -0.15) is 0 Å². The molecule has 0 aromatic heterocycles. The van der Waals surface area contributed by atoms with Gasteiger partial charge in [0.1, 0.15) is 0 Å². The van der Waals surface area contributed by atoms with Crippen LogP contribution in [-0.2, 0) is 6.42 Å². The normalized spacial score (nSPS) is 14.8. The Morgan fingerprint density at radius 2 is 1.92 bits per heavy atom. The summed E-state index contributed by atoms with van der Waals surface area (Å²) in [7, 11) is 0. The number of nitrogens with two attached hydrogens (primary N) is 2. The topological polar surface area (TPSA) is 69.1 Å². The lowest BCUT2D eigenvalue weighted by atomic mass is 10.1. The molecule has 3 heteroatoms. The molecule has 0 bridgehead atoms. The first kappa shape index (κ1) is 7.16. The molecule has 1 aromatic rings. The van der Waals surface area contributed by atoms with Crippen LogP contribution in [-0.4, -0.2) is 5.78 Å². The number of aryl methyl sites for hydroxylation is 1. The average Bonchev–Trinajstić information content (AvgIpc) is 2.41. The molecular weight excluding hydrogens is 152 g/mol. The summed E-state index contributed by atoms with van der Waals surface area (Å²) < 4.78 is 0. The molecular formula is C9H10N2O. The van der Waals surface area contributed by atoms with Gasteiger partial charge in [-0.1, -0.05) is 6.07 Å². The minimum Gasteiger partial charge on any atom is -0.397 e. The molecule has 2 rings (SSSR count). The van der Waals surface area contributed by atoms with Gasteiger partial charge in [0.25, 0.3) is 0 Å². The average molecular weight is 162 g/mol. The van der Waals surface area contributed by atoms with Crippen molar-refractivity contribution in [1.29, 1.82) is 0 Å². The summed E-state index contributed by atoms with van der Waals surface area (Å²) in [5.74, 6) is 0.120. The number of rotatable bonds is 0. The van der Waals surface area contributed by atoms with Gasteiger partial charge >= 0.3 is 0 Å². The van der Waals surface area contributed by atoms with Crippen molar-refractivity contribution >= 4 is 17.2 Å². The first-order valence-corrected chi connectivity index (χ1v) is 3.90. The molecule has 3 nitrogen and oxygen atoms in total.